The molecule has 1 aliphatic heterocycles. The minimum Gasteiger partial charge on any atom is -0.423 e. The van der Waals surface area contributed by atoms with Crippen LogP contribution in [0.5, 0.6) is 0 Å². The van der Waals surface area contributed by atoms with Crippen LogP contribution < -0.4 is 5.46 Å². The summed E-state index contributed by atoms with van der Waals surface area (Å²) in [6.07, 6.45) is 4.06. The van der Waals surface area contributed by atoms with Crippen LogP contribution in [0.2, 0.25) is 0 Å². The molecule has 2 unspecified atom stereocenters. The van der Waals surface area contributed by atoms with Crippen molar-refractivity contribution in [2.45, 2.75) is 63.5 Å². The smallest absolute Gasteiger partial charge is 0.423 e. The van der Waals surface area contributed by atoms with E-state index in [1.807, 2.05) is 0 Å². The van der Waals surface area contributed by atoms with Gasteiger partial charge in [0.1, 0.15) is 0 Å². The van der Waals surface area contributed by atoms with Crippen molar-refractivity contribution in [3.05, 3.63) is 23.4 Å². The fourth-order valence-electron chi connectivity index (χ4n) is 4.54. The second-order valence-electron chi connectivity index (χ2n) is 7.94. The third kappa shape index (κ3) is 2.22. The summed E-state index contributed by atoms with van der Waals surface area (Å²) >= 11 is 0. The molecule has 0 radical (unpaired) electrons. The second kappa shape index (κ2) is 5.74. The summed E-state index contributed by atoms with van der Waals surface area (Å²) in [5, 5.41) is 24.9. The number of hydrogen-bond donors (Lipinski definition) is 2. The largest absolute Gasteiger partial charge is 0.489 e. The number of halogens is 2. The van der Waals surface area contributed by atoms with Crippen LogP contribution in [0.1, 0.15) is 63.3 Å². The summed E-state index contributed by atoms with van der Waals surface area (Å²) in [7, 11) is -1.84. The minimum absolute atomic E-state index is 0.136. The molecule has 8 heteroatoms. The van der Waals surface area contributed by atoms with Gasteiger partial charge >= 0.3 is 7.12 Å². The van der Waals surface area contributed by atoms with Gasteiger partial charge in [-0.3, -0.25) is 0 Å². The molecular weight excluding hydrogens is 341 g/mol. The zero-order chi connectivity index (χ0) is 18.9. The lowest BCUT2D eigenvalue weighted by Crippen LogP contribution is -2.38. The van der Waals surface area contributed by atoms with E-state index >= 15 is 0 Å². The molecule has 0 spiro atoms. The van der Waals surface area contributed by atoms with Gasteiger partial charge in [-0.1, -0.05) is 6.92 Å². The highest BCUT2D eigenvalue weighted by Gasteiger charge is 2.60. The van der Waals surface area contributed by atoms with Crippen LogP contribution in [-0.4, -0.2) is 39.5 Å². The summed E-state index contributed by atoms with van der Waals surface area (Å²) in [6, 6.07) is 1.74. The van der Waals surface area contributed by atoms with Crippen LogP contribution in [-0.2, 0) is 10.2 Å². The first-order chi connectivity index (χ1) is 12.2. The molecule has 1 aromatic carbocycles. The summed E-state index contributed by atoms with van der Waals surface area (Å²) in [4.78, 5) is 0. The molecule has 0 amide bonds. The number of alkyl halides is 2. The average Bonchev–Trinajstić information content (AvgIpc) is 3.07. The Balaban J connectivity index is 2.00. The number of hydrogen-bond acceptors (Lipinski definition) is 4. The fourth-order valence-corrected chi connectivity index (χ4v) is 4.54. The van der Waals surface area contributed by atoms with Gasteiger partial charge in [-0.15, -0.1) is 0 Å². The first kappa shape index (κ1) is 17.9. The normalized spacial score (nSPS) is 26.9. The van der Waals surface area contributed by atoms with E-state index in [0.717, 1.165) is 19.3 Å². The lowest BCUT2D eigenvalue weighted by molar-refractivity contribution is -0.0702. The molecule has 2 N–H and O–H groups in total. The van der Waals surface area contributed by atoms with Gasteiger partial charge < -0.3 is 14.8 Å². The molecule has 1 aliphatic carbocycles. The molecular formula is C18H23BF2N2O3. The van der Waals surface area contributed by atoms with Crippen LogP contribution >= 0.6 is 0 Å². The second-order valence-corrected chi connectivity index (χ2v) is 7.94. The van der Waals surface area contributed by atoms with E-state index in [-0.39, 0.29) is 11.7 Å². The Bertz CT molecular complexity index is 860. The van der Waals surface area contributed by atoms with Crippen molar-refractivity contribution < 1.29 is 23.6 Å². The number of ether oxygens (including phenoxy) is 1. The molecule has 2 atom stereocenters. The van der Waals surface area contributed by atoms with Crippen LogP contribution in [0.4, 0.5) is 8.78 Å². The van der Waals surface area contributed by atoms with Crippen molar-refractivity contribution in [1.29, 1.82) is 0 Å². The zero-order valence-corrected chi connectivity index (χ0v) is 15.2. The fraction of sp³-hybridized carbons (Fsp3) is 0.611. The lowest BCUT2D eigenvalue weighted by Gasteiger charge is -2.30. The van der Waals surface area contributed by atoms with Crippen molar-refractivity contribution in [3.8, 4) is 0 Å². The van der Waals surface area contributed by atoms with E-state index in [2.05, 4.69) is 5.10 Å². The monoisotopic (exact) mass is 364 g/mol. The van der Waals surface area contributed by atoms with E-state index in [1.165, 1.54) is 27.0 Å². The molecule has 2 heterocycles. The Labute approximate surface area is 151 Å². The first-order valence-corrected chi connectivity index (χ1v) is 9.08. The number of aromatic nitrogens is 2. The maximum Gasteiger partial charge on any atom is 0.489 e. The third-order valence-corrected chi connectivity index (χ3v) is 6.16. The standard InChI is InChI=1S/C18H23BF2N2O3/c1-10-15-12(17(2,3)18(10,20)21)8-13-11(16(15)19(24)25)9-22-23(13)14-6-4-5-7-26-14/h8-10,14,24-25H,4-7H2,1-3H3. The highest BCUT2D eigenvalue weighted by molar-refractivity contribution is 6.62. The molecule has 2 aliphatic rings. The van der Waals surface area contributed by atoms with Gasteiger partial charge in [0, 0.05) is 17.9 Å². The molecule has 2 aromatic rings. The average molecular weight is 364 g/mol. The lowest BCUT2D eigenvalue weighted by atomic mass is 9.72. The Morgan fingerprint density at radius 3 is 2.65 bits per heavy atom. The minimum atomic E-state index is -2.99. The number of benzene rings is 1. The van der Waals surface area contributed by atoms with Gasteiger partial charge in [0.2, 0.25) is 0 Å². The number of rotatable bonds is 2. The van der Waals surface area contributed by atoms with Crippen molar-refractivity contribution in [1.82, 2.24) is 9.78 Å². The predicted octanol–water partition coefficient (Wildman–Crippen LogP) is 2.45. The van der Waals surface area contributed by atoms with Crippen LogP contribution in [0.25, 0.3) is 10.9 Å². The molecule has 26 heavy (non-hydrogen) atoms. The van der Waals surface area contributed by atoms with E-state index in [0.29, 0.717) is 28.6 Å². The highest BCUT2D eigenvalue weighted by atomic mass is 19.3. The summed E-state index contributed by atoms with van der Waals surface area (Å²) in [5.74, 6) is -4.10. The van der Waals surface area contributed by atoms with Gasteiger partial charge in [-0.05, 0) is 55.8 Å². The Kier molecular flexibility index (Phi) is 3.95. The molecule has 5 nitrogen and oxygen atoms in total. The molecule has 1 saturated heterocycles. The van der Waals surface area contributed by atoms with E-state index in [4.69, 9.17) is 4.74 Å². The maximum atomic E-state index is 15.0. The van der Waals surface area contributed by atoms with Crippen LogP contribution in [0, 0.1) is 0 Å². The highest BCUT2D eigenvalue weighted by Crippen LogP contribution is 2.56. The van der Waals surface area contributed by atoms with Gasteiger partial charge in [-0.2, -0.15) is 5.10 Å². The summed E-state index contributed by atoms with van der Waals surface area (Å²) in [5.41, 5.74) is 0.103. The summed E-state index contributed by atoms with van der Waals surface area (Å²) in [6.45, 7) is 5.09. The van der Waals surface area contributed by atoms with Crippen molar-refractivity contribution in [2.24, 2.45) is 0 Å². The first-order valence-electron chi connectivity index (χ1n) is 9.08. The maximum absolute atomic E-state index is 15.0. The van der Waals surface area contributed by atoms with Crippen molar-refractivity contribution in [2.75, 3.05) is 6.61 Å². The van der Waals surface area contributed by atoms with E-state index in [1.54, 1.807) is 10.7 Å². The van der Waals surface area contributed by atoms with Crippen molar-refractivity contribution in [3.63, 3.8) is 0 Å². The van der Waals surface area contributed by atoms with Gasteiger partial charge in [0.15, 0.2) is 6.23 Å². The van der Waals surface area contributed by atoms with Gasteiger partial charge in [0.25, 0.3) is 5.92 Å². The van der Waals surface area contributed by atoms with Crippen LogP contribution in [0.3, 0.4) is 0 Å². The summed E-state index contributed by atoms with van der Waals surface area (Å²) < 4.78 is 37.4. The molecule has 0 saturated carbocycles. The topological polar surface area (TPSA) is 67.5 Å². The van der Waals surface area contributed by atoms with Gasteiger partial charge in [-0.25, -0.2) is 13.5 Å². The predicted molar refractivity (Wildman–Crippen MR) is 94.8 cm³/mol. The Morgan fingerprint density at radius 2 is 2.04 bits per heavy atom. The van der Waals surface area contributed by atoms with E-state index < -0.39 is 24.4 Å². The quantitative estimate of drug-likeness (QED) is 0.804. The SMILES string of the molecule is CC1c2c(cc3c(cnn3C3CCCCO3)c2B(O)O)C(C)(C)C1(F)F. The Hall–Kier alpha value is -1.51. The molecule has 1 aromatic heterocycles. The molecule has 140 valence electrons. The zero-order valence-electron chi connectivity index (χ0n) is 15.2. The molecule has 4 rings (SSSR count). The molecule has 0 bridgehead atoms. The third-order valence-electron chi connectivity index (χ3n) is 6.16. The number of fused-ring (bicyclic) bond motifs is 2. The number of nitrogens with zero attached hydrogens (tertiary/aromatic N) is 2. The van der Waals surface area contributed by atoms with E-state index in [9.17, 15) is 18.8 Å². The Morgan fingerprint density at radius 1 is 1.31 bits per heavy atom. The van der Waals surface area contributed by atoms with Crippen LogP contribution in [0.15, 0.2) is 12.3 Å². The van der Waals surface area contributed by atoms with Gasteiger partial charge in [0.05, 0.1) is 17.1 Å². The van der Waals surface area contributed by atoms with Crippen molar-refractivity contribution >= 4 is 23.5 Å². The molecule has 1 fully saturated rings.